The Morgan fingerprint density at radius 3 is 3.16 bits per heavy atom. The lowest BCUT2D eigenvalue weighted by Gasteiger charge is -2.26. The highest BCUT2D eigenvalue weighted by Gasteiger charge is 2.39. The van der Waals surface area contributed by atoms with E-state index in [4.69, 9.17) is 4.74 Å². The van der Waals surface area contributed by atoms with Gasteiger partial charge in [0.05, 0.1) is 12.1 Å². The molecule has 0 saturated carbocycles. The Labute approximate surface area is 113 Å². The molecule has 0 bridgehead atoms. The smallest absolute Gasteiger partial charge is 0.244 e. The van der Waals surface area contributed by atoms with E-state index < -0.39 is 0 Å². The maximum Gasteiger partial charge on any atom is 0.244 e. The van der Waals surface area contributed by atoms with E-state index in [0.717, 1.165) is 50.3 Å². The van der Waals surface area contributed by atoms with Gasteiger partial charge >= 0.3 is 0 Å². The molecule has 1 unspecified atom stereocenters. The van der Waals surface area contributed by atoms with Crippen LogP contribution < -0.4 is 15.4 Å². The maximum atomic E-state index is 12.5. The zero-order valence-corrected chi connectivity index (χ0v) is 11.3. The molecular weight excluding hydrogens is 240 g/mol. The number of carbonyl (C=O) groups excluding carboxylic acids is 1. The Hall–Kier alpha value is -1.55. The molecule has 1 fully saturated rings. The summed E-state index contributed by atoms with van der Waals surface area (Å²) >= 11 is 0. The molecule has 1 aromatic rings. The minimum absolute atomic E-state index is 0.0892. The van der Waals surface area contributed by atoms with Crippen molar-refractivity contribution in [2.24, 2.45) is 0 Å². The highest BCUT2D eigenvalue weighted by atomic mass is 16.5. The summed E-state index contributed by atoms with van der Waals surface area (Å²) in [4.78, 5) is 12.5. The first-order valence-electron chi connectivity index (χ1n) is 7.06. The van der Waals surface area contributed by atoms with Gasteiger partial charge in [0.25, 0.3) is 0 Å². The molecule has 1 amide bonds. The first-order valence-corrected chi connectivity index (χ1v) is 7.06. The second-order valence-corrected chi connectivity index (χ2v) is 5.34. The lowest BCUT2D eigenvalue weighted by Crippen LogP contribution is -2.50. The normalized spacial score (nSPS) is 24.9. The summed E-state index contributed by atoms with van der Waals surface area (Å²) in [7, 11) is 0. The summed E-state index contributed by atoms with van der Waals surface area (Å²) in [5, 5.41) is 6.40. The van der Waals surface area contributed by atoms with Gasteiger partial charge in [0, 0.05) is 12.1 Å². The third-order valence-corrected chi connectivity index (χ3v) is 4.23. The van der Waals surface area contributed by atoms with Crippen molar-refractivity contribution in [3.63, 3.8) is 0 Å². The van der Waals surface area contributed by atoms with Crippen molar-refractivity contribution in [1.29, 1.82) is 0 Å². The van der Waals surface area contributed by atoms with Crippen molar-refractivity contribution in [3.05, 3.63) is 23.8 Å². The summed E-state index contributed by atoms with van der Waals surface area (Å²) in [5.41, 5.74) is 1.67. The molecule has 2 N–H and O–H groups in total. The zero-order valence-electron chi connectivity index (χ0n) is 11.3. The van der Waals surface area contributed by atoms with Crippen LogP contribution in [0, 0.1) is 0 Å². The number of fused-ring (bicyclic) bond motifs is 1. The molecule has 1 aromatic carbocycles. The molecule has 19 heavy (non-hydrogen) atoms. The van der Waals surface area contributed by atoms with Gasteiger partial charge in [-0.05, 0) is 49.6 Å². The van der Waals surface area contributed by atoms with Gasteiger partial charge in [0.15, 0.2) is 0 Å². The first kappa shape index (κ1) is 12.5. The topological polar surface area (TPSA) is 50.4 Å². The standard InChI is InChI=1S/C15H20N2O2/c1-2-15(7-3-8-16-15)14(18)17-12-4-5-13-11(10-12)6-9-19-13/h4-5,10,16H,2-3,6-9H2,1H3,(H,17,18). The van der Waals surface area contributed by atoms with Crippen LogP contribution in [0.3, 0.4) is 0 Å². The number of carbonyl (C=O) groups is 1. The second kappa shape index (κ2) is 4.85. The molecule has 0 aromatic heterocycles. The van der Waals surface area contributed by atoms with Crippen LogP contribution in [0.4, 0.5) is 5.69 Å². The summed E-state index contributed by atoms with van der Waals surface area (Å²) in [6.45, 7) is 3.74. The van der Waals surface area contributed by atoms with E-state index in [0.29, 0.717) is 0 Å². The predicted octanol–water partition coefficient (Wildman–Crippen LogP) is 2.09. The fourth-order valence-electron chi connectivity index (χ4n) is 2.98. The molecular formula is C15H20N2O2. The molecule has 4 heteroatoms. The van der Waals surface area contributed by atoms with Gasteiger partial charge in [-0.2, -0.15) is 0 Å². The molecule has 3 rings (SSSR count). The van der Waals surface area contributed by atoms with Crippen molar-refractivity contribution in [3.8, 4) is 5.75 Å². The van der Waals surface area contributed by atoms with Crippen molar-refractivity contribution < 1.29 is 9.53 Å². The fraction of sp³-hybridized carbons (Fsp3) is 0.533. The summed E-state index contributed by atoms with van der Waals surface area (Å²) in [5.74, 6) is 1.04. The number of hydrogen-bond acceptors (Lipinski definition) is 3. The molecule has 2 aliphatic heterocycles. The molecule has 2 heterocycles. The predicted molar refractivity (Wildman–Crippen MR) is 74.5 cm³/mol. The Kier molecular flexibility index (Phi) is 3.19. The van der Waals surface area contributed by atoms with Crippen molar-refractivity contribution >= 4 is 11.6 Å². The number of amides is 1. The number of anilines is 1. The number of benzene rings is 1. The highest BCUT2D eigenvalue weighted by molar-refractivity contribution is 5.98. The van der Waals surface area contributed by atoms with Crippen LogP contribution in [0.5, 0.6) is 5.75 Å². The van der Waals surface area contributed by atoms with Gasteiger partial charge < -0.3 is 15.4 Å². The molecule has 102 valence electrons. The highest BCUT2D eigenvalue weighted by Crippen LogP contribution is 2.29. The Morgan fingerprint density at radius 2 is 2.42 bits per heavy atom. The molecule has 0 radical (unpaired) electrons. The Morgan fingerprint density at radius 1 is 1.53 bits per heavy atom. The van der Waals surface area contributed by atoms with Crippen LogP contribution in [-0.4, -0.2) is 24.6 Å². The van der Waals surface area contributed by atoms with E-state index in [1.165, 1.54) is 5.56 Å². The lowest BCUT2D eigenvalue weighted by molar-refractivity contribution is -0.122. The Bertz CT molecular complexity index is 493. The minimum atomic E-state index is -0.379. The van der Waals surface area contributed by atoms with Crippen LogP contribution >= 0.6 is 0 Å². The molecule has 4 nitrogen and oxygen atoms in total. The number of rotatable bonds is 3. The van der Waals surface area contributed by atoms with Crippen LogP contribution in [0.2, 0.25) is 0 Å². The average molecular weight is 260 g/mol. The first-order chi connectivity index (χ1) is 9.23. The van der Waals surface area contributed by atoms with E-state index in [2.05, 4.69) is 17.6 Å². The van der Waals surface area contributed by atoms with Crippen molar-refractivity contribution in [1.82, 2.24) is 5.32 Å². The molecule has 2 aliphatic rings. The molecule has 0 spiro atoms. The van der Waals surface area contributed by atoms with Crippen LogP contribution in [-0.2, 0) is 11.2 Å². The summed E-state index contributed by atoms with van der Waals surface area (Å²) < 4.78 is 5.47. The van der Waals surface area contributed by atoms with E-state index in [1.807, 2.05) is 18.2 Å². The third-order valence-electron chi connectivity index (χ3n) is 4.23. The zero-order chi connectivity index (χ0) is 13.3. The van der Waals surface area contributed by atoms with E-state index in [1.54, 1.807) is 0 Å². The largest absolute Gasteiger partial charge is 0.493 e. The molecule has 1 atom stereocenters. The summed E-state index contributed by atoms with van der Waals surface area (Å²) in [6.07, 6.45) is 3.74. The van der Waals surface area contributed by atoms with Gasteiger partial charge in [-0.15, -0.1) is 0 Å². The van der Waals surface area contributed by atoms with Crippen LogP contribution in [0.15, 0.2) is 18.2 Å². The monoisotopic (exact) mass is 260 g/mol. The Balaban J connectivity index is 1.76. The fourth-order valence-corrected chi connectivity index (χ4v) is 2.98. The van der Waals surface area contributed by atoms with Crippen LogP contribution in [0.1, 0.15) is 31.7 Å². The van der Waals surface area contributed by atoms with E-state index >= 15 is 0 Å². The van der Waals surface area contributed by atoms with Gasteiger partial charge in [-0.3, -0.25) is 4.79 Å². The van der Waals surface area contributed by atoms with Crippen molar-refractivity contribution in [2.75, 3.05) is 18.5 Å². The van der Waals surface area contributed by atoms with Gasteiger partial charge in [-0.1, -0.05) is 6.92 Å². The van der Waals surface area contributed by atoms with E-state index in [9.17, 15) is 4.79 Å². The molecule has 1 saturated heterocycles. The number of hydrogen-bond donors (Lipinski definition) is 2. The number of ether oxygens (including phenoxy) is 1. The SMILES string of the molecule is CCC1(C(=O)Nc2ccc3c(c2)CCO3)CCCN1. The quantitative estimate of drug-likeness (QED) is 0.875. The second-order valence-electron chi connectivity index (χ2n) is 5.34. The average Bonchev–Trinajstić information content (AvgIpc) is 3.07. The number of nitrogens with one attached hydrogen (secondary N) is 2. The summed E-state index contributed by atoms with van der Waals surface area (Å²) in [6, 6.07) is 5.89. The molecule has 0 aliphatic carbocycles. The van der Waals surface area contributed by atoms with Gasteiger partial charge in [0.2, 0.25) is 5.91 Å². The van der Waals surface area contributed by atoms with Gasteiger partial charge in [0.1, 0.15) is 5.75 Å². The minimum Gasteiger partial charge on any atom is -0.493 e. The van der Waals surface area contributed by atoms with Crippen molar-refractivity contribution in [2.45, 2.75) is 38.1 Å². The third kappa shape index (κ3) is 2.21. The maximum absolute atomic E-state index is 12.5. The lowest BCUT2D eigenvalue weighted by atomic mass is 9.93. The van der Waals surface area contributed by atoms with Gasteiger partial charge in [-0.25, -0.2) is 0 Å². The van der Waals surface area contributed by atoms with Crippen LogP contribution in [0.25, 0.3) is 0 Å². The van der Waals surface area contributed by atoms with E-state index in [-0.39, 0.29) is 11.4 Å².